The molecule has 5 heteroatoms. The third-order valence-electron chi connectivity index (χ3n) is 1.64. The third-order valence-corrected chi connectivity index (χ3v) is 1.64. The summed E-state index contributed by atoms with van der Waals surface area (Å²) >= 11 is 0. The highest BCUT2D eigenvalue weighted by Gasteiger charge is 2.06. The molecule has 1 N–H and O–H groups in total. The summed E-state index contributed by atoms with van der Waals surface area (Å²) in [5.74, 6) is 0.0696. The Balaban J connectivity index is 2.11. The second-order valence-electron chi connectivity index (χ2n) is 2.61. The van der Waals surface area contributed by atoms with Gasteiger partial charge in [-0.2, -0.15) is 0 Å². The van der Waals surface area contributed by atoms with E-state index in [1.165, 1.54) is 6.20 Å². The number of amides is 1. The van der Waals surface area contributed by atoms with Gasteiger partial charge in [0.2, 0.25) is 0 Å². The molecule has 1 aromatic heterocycles. The molecule has 0 atom stereocenters. The normalized spacial score (nSPS) is 9.71. The van der Waals surface area contributed by atoms with Gasteiger partial charge >= 0.3 is 0 Å². The maximum absolute atomic E-state index is 11.5. The van der Waals surface area contributed by atoms with Gasteiger partial charge in [0.15, 0.2) is 5.82 Å². The first-order valence-electron chi connectivity index (χ1n) is 4.00. The van der Waals surface area contributed by atoms with E-state index >= 15 is 0 Å². The first-order valence-corrected chi connectivity index (χ1v) is 4.00. The number of carbonyl (C=O) groups is 1. The molecule has 0 fully saturated rings. The third kappa shape index (κ3) is 1.77. The molecule has 14 heavy (non-hydrogen) atoms. The van der Waals surface area contributed by atoms with Gasteiger partial charge in [-0.25, -0.2) is 4.63 Å². The predicted molar refractivity (Wildman–Crippen MR) is 48.7 cm³/mol. The van der Waals surface area contributed by atoms with Gasteiger partial charge in [0.25, 0.3) is 5.91 Å². The molecule has 2 rings (SSSR count). The molecule has 0 saturated heterocycles. The number of nitrogens with zero attached hydrogens (tertiary/aromatic N) is 2. The number of rotatable bonds is 2. The fourth-order valence-electron chi connectivity index (χ4n) is 0.998. The Morgan fingerprint density at radius 3 is 2.71 bits per heavy atom. The number of benzene rings is 1. The lowest BCUT2D eigenvalue weighted by atomic mass is 10.2. The van der Waals surface area contributed by atoms with Crippen molar-refractivity contribution in [3.8, 4) is 0 Å². The molecular weight excluding hydrogens is 182 g/mol. The number of carbonyl (C=O) groups excluding carboxylic acids is 1. The molecular formula is C9H7N3O2. The highest BCUT2D eigenvalue weighted by atomic mass is 16.6. The largest absolute Gasteiger partial charge is 0.302 e. The van der Waals surface area contributed by atoms with Crippen molar-refractivity contribution < 1.29 is 9.42 Å². The minimum absolute atomic E-state index is 0.235. The summed E-state index contributed by atoms with van der Waals surface area (Å²) in [5, 5.41) is 9.36. The van der Waals surface area contributed by atoms with Crippen molar-refractivity contribution in [2.24, 2.45) is 0 Å². The Hall–Kier alpha value is -2.17. The number of anilines is 1. The lowest BCUT2D eigenvalue weighted by molar-refractivity contribution is 0.102. The highest BCUT2D eigenvalue weighted by Crippen LogP contribution is 2.04. The van der Waals surface area contributed by atoms with Crippen LogP contribution in [0.1, 0.15) is 10.4 Å². The summed E-state index contributed by atoms with van der Waals surface area (Å²) in [7, 11) is 0. The van der Waals surface area contributed by atoms with Crippen LogP contribution in [0.5, 0.6) is 0 Å². The summed E-state index contributed by atoms with van der Waals surface area (Å²) < 4.78 is 4.34. The second kappa shape index (κ2) is 3.69. The number of hydrogen-bond donors (Lipinski definition) is 1. The molecule has 0 saturated carbocycles. The molecule has 0 bridgehead atoms. The van der Waals surface area contributed by atoms with Crippen LogP contribution in [-0.4, -0.2) is 16.2 Å². The van der Waals surface area contributed by atoms with Crippen LogP contribution in [0.15, 0.2) is 41.2 Å². The molecule has 5 nitrogen and oxygen atoms in total. The molecule has 0 aliphatic rings. The van der Waals surface area contributed by atoms with Gasteiger partial charge < -0.3 is 5.32 Å². The van der Waals surface area contributed by atoms with Crippen molar-refractivity contribution in [1.82, 2.24) is 10.3 Å². The Bertz CT molecular complexity index is 411. The fourth-order valence-corrected chi connectivity index (χ4v) is 0.998. The van der Waals surface area contributed by atoms with Crippen LogP contribution < -0.4 is 5.32 Å². The lowest BCUT2D eigenvalue weighted by Gasteiger charge is -1.98. The first-order chi connectivity index (χ1) is 6.86. The van der Waals surface area contributed by atoms with Gasteiger partial charge in [0.1, 0.15) is 6.20 Å². The smallest absolute Gasteiger partial charge is 0.256 e. The van der Waals surface area contributed by atoms with Crippen molar-refractivity contribution in [2.75, 3.05) is 5.32 Å². The Kier molecular flexibility index (Phi) is 2.22. The van der Waals surface area contributed by atoms with Gasteiger partial charge in [-0.3, -0.25) is 4.79 Å². The van der Waals surface area contributed by atoms with Gasteiger partial charge in [-0.1, -0.05) is 23.4 Å². The maximum Gasteiger partial charge on any atom is 0.256 e. The van der Waals surface area contributed by atoms with Gasteiger partial charge in [0.05, 0.1) is 0 Å². The number of nitrogens with one attached hydrogen (secondary N) is 1. The predicted octanol–water partition coefficient (Wildman–Crippen LogP) is 1.32. The summed E-state index contributed by atoms with van der Waals surface area (Å²) in [6.07, 6.45) is 1.33. The molecule has 0 radical (unpaired) electrons. The van der Waals surface area contributed by atoms with Crippen molar-refractivity contribution in [3.05, 3.63) is 42.1 Å². The quantitative estimate of drug-likeness (QED) is 0.773. The van der Waals surface area contributed by atoms with Crippen LogP contribution >= 0.6 is 0 Å². The van der Waals surface area contributed by atoms with E-state index in [0.717, 1.165) is 0 Å². The Morgan fingerprint density at radius 2 is 2.07 bits per heavy atom. The fraction of sp³-hybridized carbons (Fsp3) is 0. The van der Waals surface area contributed by atoms with Crippen LogP contribution in [0, 0.1) is 0 Å². The highest BCUT2D eigenvalue weighted by molar-refractivity contribution is 6.03. The van der Waals surface area contributed by atoms with Crippen LogP contribution in [0.3, 0.4) is 0 Å². The topological polar surface area (TPSA) is 68.0 Å². The van der Waals surface area contributed by atoms with Crippen LogP contribution in [0.25, 0.3) is 0 Å². The van der Waals surface area contributed by atoms with E-state index in [2.05, 4.69) is 20.3 Å². The zero-order valence-corrected chi connectivity index (χ0v) is 7.18. The van der Waals surface area contributed by atoms with Gasteiger partial charge in [0, 0.05) is 5.56 Å². The van der Waals surface area contributed by atoms with E-state index in [-0.39, 0.29) is 5.91 Å². The van der Waals surface area contributed by atoms with Crippen molar-refractivity contribution in [2.45, 2.75) is 0 Å². The Morgan fingerprint density at radius 1 is 1.29 bits per heavy atom. The van der Waals surface area contributed by atoms with Gasteiger partial charge in [-0.15, -0.1) is 0 Å². The van der Waals surface area contributed by atoms with E-state index in [4.69, 9.17) is 0 Å². The summed E-state index contributed by atoms with van der Waals surface area (Å²) in [4.78, 5) is 11.5. The van der Waals surface area contributed by atoms with E-state index in [1.54, 1.807) is 24.3 Å². The zero-order chi connectivity index (χ0) is 9.80. The molecule has 0 aliphatic heterocycles. The number of hydrogen-bond acceptors (Lipinski definition) is 4. The molecule has 70 valence electrons. The first kappa shape index (κ1) is 8.43. The Labute approximate surface area is 79.7 Å². The summed E-state index contributed by atoms with van der Waals surface area (Å²) in [6.45, 7) is 0. The zero-order valence-electron chi connectivity index (χ0n) is 7.18. The molecule has 2 aromatic rings. The van der Waals surface area contributed by atoms with Crippen molar-refractivity contribution in [1.29, 1.82) is 0 Å². The molecule has 0 unspecified atom stereocenters. The second-order valence-corrected chi connectivity index (χ2v) is 2.61. The number of aromatic nitrogens is 2. The van der Waals surface area contributed by atoms with E-state index < -0.39 is 0 Å². The molecule has 0 aliphatic carbocycles. The maximum atomic E-state index is 11.5. The summed E-state index contributed by atoms with van der Waals surface area (Å²) in [6, 6.07) is 8.84. The van der Waals surface area contributed by atoms with E-state index in [9.17, 15) is 4.79 Å². The molecule has 1 aromatic carbocycles. The molecule has 0 spiro atoms. The van der Waals surface area contributed by atoms with Gasteiger partial charge in [-0.05, 0) is 17.3 Å². The van der Waals surface area contributed by atoms with E-state index in [1.807, 2.05) is 6.07 Å². The average Bonchev–Trinajstić information content (AvgIpc) is 2.72. The van der Waals surface area contributed by atoms with Crippen molar-refractivity contribution in [3.63, 3.8) is 0 Å². The monoisotopic (exact) mass is 189 g/mol. The standard InChI is InChI=1S/C9H7N3O2/c13-9(7-4-2-1-3-5-7)11-8-6-10-14-12-8/h1-6H,(H,11,12,13). The molecule has 1 heterocycles. The molecule has 1 amide bonds. The minimum Gasteiger partial charge on any atom is -0.302 e. The van der Waals surface area contributed by atoms with Crippen LogP contribution in [0.2, 0.25) is 0 Å². The lowest BCUT2D eigenvalue weighted by Crippen LogP contribution is -2.11. The van der Waals surface area contributed by atoms with Crippen LogP contribution in [0.4, 0.5) is 5.82 Å². The average molecular weight is 189 g/mol. The SMILES string of the molecule is O=C(Nc1cnon1)c1ccccc1. The minimum atomic E-state index is -0.235. The summed E-state index contributed by atoms with van der Waals surface area (Å²) in [5.41, 5.74) is 0.565. The van der Waals surface area contributed by atoms with E-state index in [0.29, 0.717) is 11.4 Å². The van der Waals surface area contributed by atoms with Crippen LogP contribution in [-0.2, 0) is 0 Å². The van der Waals surface area contributed by atoms with Crippen molar-refractivity contribution >= 4 is 11.7 Å².